The lowest BCUT2D eigenvalue weighted by atomic mass is 10.1. The molecule has 0 fully saturated rings. The number of hydrogen-bond donors (Lipinski definition) is 2. The zero-order valence-electron chi connectivity index (χ0n) is 14.6. The van der Waals surface area contributed by atoms with E-state index in [2.05, 4.69) is 40.8 Å². The first-order valence-electron chi connectivity index (χ1n) is 8.63. The molecule has 0 spiro atoms. The molecule has 0 bridgehead atoms. The molecular weight excluding hydrogens is 308 g/mol. The fourth-order valence-electron chi connectivity index (χ4n) is 2.71. The van der Waals surface area contributed by atoms with Crippen LogP contribution in [0.1, 0.15) is 31.2 Å². The molecule has 5 nitrogen and oxygen atoms in total. The molecule has 0 amide bonds. The van der Waals surface area contributed by atoms with Gasteiger partial charge in [0, 0.05) is 43.7 Å². The van der Waals surface area contributed by atoms with E-state index in [0.29, 0.717) is 12.6 Å². The van der Waals surface area contributed by atoms with Gasteiger partial charge in [0.05, 0.1) is 13.2 Å². The van der Waals surface area contributed by atoms with Crippen molar-refractivity contribution >= 4 is 17.3 Å². The highest BCUT2D eigenvalue weighted by molar-refractivity contribution is 7.10. The normalized spacial score (nSPS) is 16.9. The van der Waals surface area contributed by atoms with E-state index in [9.17, 15) is 0 Å². The van der Waals surface area contributed by atoms with E-state index in [1.807, 2.05) is 18.3 Å². The van der Waals surface area contributed by atoms with E-state index in [4.69, 9.17) is 9.73 Å². The lowest BCUT2D eigenvalue weighted by Crippen LogP contribution is -2.42. The quantitative estimate of drug-likeness (QED) is 0.433. The molecule has 0 aromatic carbocycles. The molecule has 0 saturated carbocycles. The number of ether oxygens (including phenoxy) is 1. The van der Waals surface area contributed by atoms with Crippen LogP contribution in [0.4, 0.5) is 0 Å². The summed E-state index contributed by atoms with van der Waals surface area (Å²) in [5.74, 6) is 0.882. The molecule has 0 radical (unpaired) electrons. The van der Waals surface area contributed by atoms with Crippen LogP contribution in [0.5, 0.6) is 0 Å². The van der Waals surface area contributed by atoms with Crippen LogP contribution < -0.4 is 10.6 Å². The minimum Gasteiger partial charge on any atom is -0.380 e. The van der Waals surface area contributed by atoms with Crippen LogP contribution in [0, 0.1) is 0 Å². The maximum absolute atomic E-state index is 5.36. The molecule has 2 N–H and O–H groups in total. The number of hydrogen-bond acceptors (Lipinski definition) is 4. The van der Waals surface area contributed by atoms with Crippen molar-refractivity contribution in [2.75, 3.05) is 39.4 Å². The van der Waals surface area contributed by atoms with E-state index in [1.165, 1.54) is 12.0 Å². The molecule has 1 unspecified atom stereocenters. The number of nitrogens with zero attached hydrogens (tertiary/aromatic N) is 2. The average molecular weight is 339 g/mol. The molecule has 6 heteroatoms. The molecule has 1 atom stereocenters. The third kappa shape index (κ3) is 5.79. The molecule has 2 rings (SSSR count). The fraction of sp³-hybridized carbons (Fsp3) is 0.706. The fourth-order valence-corrected chi connectivity index (χ4v) is 3.60. The van der Waals surface area contributed by atoms with Crippen molar-refractivity contribution in [3.05, 3.63) is 21.9 Å². The maximum Gasteiger partial charge on any atom is 0.191 e. The Hall–Kier alpha value is -1.11. The van der Waals surface area contributed by atoms with Crippen molar-refractivity contribution in [3.63, 3.8) is 0 Å². The largest absolute Gasteiger partial charge is 0.380 e. The van der Waals surface area contributed by atoms with Gasteiger partial charge in [0.15, 0.2) is 5.96 Å². The molecule has 1 aromatic heterocycles. The summed E-state index contributed by atoms with van der Waals surface area (Å²) in [6.45, 7) is 12.5. The Morgan fingerprint density at radius 3 is 3.09 bits per heavy atom. The third-order valence-electron chi connectivity index (χ3n) is 4.06. The molecule has 1 aromatic rings. The minimum absolute atomic E-state index is 0.449. The summed E-state index contributed by atoms with van der Waals surface area (Å²) in [6.07, 6.45) is 1.17. The van der Waals surface area contributed by atoms with Crippen LogP contribution in [0.2, 0.25) is 0 Å². The van der Waals surface area contributed by atoms with Crippen molar-refractivity contribution in [3.8, 4) is 0 Å². The second kappa shape index (κ2) is 9.90. The zero-order valence-corrected chi connectivity index (χ0v) is 15.4. The van der Waals surface area contributed by atoms with Crippen LogP contribution in [0.25, 0.3) is 0 Å². The van der Waals surface area contributed by atoms with Crippen LogP contribution in [0.15, 0.2) is 16.4 Å². The van der Waals surface area contributed by atoms with Gasteiger partial charge in [-0.05, 0) is 44.2 Å². The standard InChI is InChI=1S/C17H30N4OS/c1-4-18-17(19-8-10-22-5-2)20-12-14(3)21-9-6-16-15(13-21)7-11-23-16/h7,11,14H,4-6,8-10,12-13H2,1-3H3,(H2,18,19,20). The van der Waals surface area contributed by atoms with Gasteiger partial charge in [-0.3, -0.25) is 9.89 Å². The SMILES string of the molecule is CCNC(=NCC(C)N1CCc2sccc2C1)NCCOCC. The highest BCUT2D eigenvalue weighted by atomic mass is 32.1. The Morgan fingerprint density at radius 2 is 2.30 bits per heavy atom. The highest BCUT2D eigenvalue weighted by Crippen LogP contribution is 2.25. The van der Waals surface area contributed by atoms with Gasteiger partial charge in [-0.1, -0.05) is 0 Å². The van der Waals surface area contributed by atoms with Gasteiger partial charge in [-0.2, -0.15) is 0 Å². The Balaban J connectivity index is 1.81. The summed E-state index contributed by atoms with van der Waals surface area (Å²) < 4.78 is 5.36. The second-order valence-electron chi connectivity index (χ2n) is 5.78. The van der Waals surface area contributed by atoms with E-state index >= 15 is 0 Å². The molecule has 2 heterocycles. The van der Waals surface area contributed by atoms with Crippen LogP contribution >= 0.6 is 11.3 Å². The number of fused-ring (bicyclic) bond motifs is 1. The van der Waals surface area contributed by atoms with Gasteiger partial charge in [0.25, 0.3) is 0 Å². The zero-order chi connectivity index (χ0) is 16.5. The predicted molar refractivity (Wildman–Crippen MR) is 98.4 cm³/mol. The monoisotopic (exact) mass is 338 g/mol. The minimum atomic E-state index is 0.449. The van der Waals surface area contributed by atoms with E-state index in [1.54, 1.807) is 4.88 Å². The summed E-state index contributed by atoms with van der Waals surface area (Å²) in [7, 11) is 0. The summed E-state index contributed by atoms with van der Waals surface area (Å²) in [4.78, 5) is 8.82. The van der Waals surface area contributed by atoms with Gasteiger partial charge in [0.2, 0.25) is 0 Å². The topological polar surface area (TPSA) is 48.9 Å². The number of thiophene rings is 1. The van der Waals surface area contributed by atoms with Crippen LogP contribution in [-0.4, -0.2) is 56.3 Å². The highest BCUT2D eigenvalue weighted by Gasteiger charge is 2.21. The molecule has 1 aliphatic rings. The summed E-state index contributed by atoms with van der Waals surface area (Å²) in [5, 5.41) is 8.83. The van der Waals surface area contributed by atoms with E-state index in [0.717, 1.165) is 45.3 Å². The summed E-state index contributed by atoms with van der Waals surface area (Å²) in [6, 6.07) is 2.71. The van der Waals surface area contributed by atoms with Gasteiger partial charge in [0.1, 0.15) is 0 Å². The second-order valence-corrected chi connectivity index (χ2v) is 6.78. The molecule has 130 valence electrons. The molecule has 1 aliphatic heterocycles. The smallest absolute Gasteiger partial charge is 0.191 e. The van der Waals surface area contributed by atoms with Crippen molar-refractivity contribution < 1.29 is 4.74 Å². The van der Waals surface area contributed by atoms with Crippen molar-refractivity contribution in [1.29, 1.82) is 0 Å². The predicted octanol–water partition coefficient (Wildman–Crippen LogP) is 2.09. The Kier molecular flexibility index (Phi) is 7.85. The molecule has 0 aliphatic carbocycles. The van der Waals surface area contributed by atoms with Crippen LogP contribution in [0.3, 0.4) is 0 Å². The van der Waals surface area contributed by atoms with Gasteiger partial charge in [-0.15, -0.1) is 11.3 Å². The van der Waals surface area contributed by atoms with Crippen molar-refractivity contribution in [2.24, 2.45) is 4.99 Å². The lowest BCUT2D eigenvalue weighted by Gasteiger charge is -2.31. The van der Waals surface area contributed by atoms with E-state index < -0.39 is 0 Å². The Labute approximate surface area is 144 Å². The first-order chi connectivity index (χ1) is 11.2. The number of nitrogens with one attached hydrogen (secondary N) is 2. The summed E-state index contributed by atoms with van der Waals surface area (Å²) in [5.41, 5.74) is 1.50. The van der Waals surface area contributed by atoms with Gasteiger partial charge in [-0.25, -0.2) is 0 Å². The van der Waals surface area contributed by atoms with Gasteiger partial charge < -0.3 is 15.4 Å². The van der Waals surface area contributed by atoms with Crippen molar-refractivity contribution in [1.82, 2.24) is 15.5 Å². The number of guanidine groups is 1. The molecular formula is C17H30N4OS. The molecule has 23 heavy (non-hydrogen) atoms. The summed E-state index contributed by atoms with van der Waals surface area (Å²) >= 11 is 1.89. The lowest BCUT2D eigenvalue weighted by molar-refractivity contribution is 0.152. The first kappa shape index (κ1) is 18.2. The van der Waals surface area contributed by atoms with Crippen molar-refractivity contribution in [2.45, 2.75) is 39.8 Å². The van der Waals surface area contributed by atoms with Crippen LogP contribution in [-0.2, 0) is 17.7 Å². The third-order valence-corrected chi connectivity index (χ3v) is 5.08. The Bertz CT molecular complexity index is 489. The Morgan fingerprint density at radius 1 is 1.43 bits per heavy atom. The first-order valence-corrected chi connectivity index (χ1v) is 9.51. The maximum atomic E-state index is 5.36. The number of rotatable bonds is 8. The number of aliphatic imine (C=N–C) groups is 1. The van der Waals surface area contributed by atoms with E-state index in [-0.39, 0.29) is 0 Å². The van der Waals surface area contributed by atoms with Gasteiger partial charge >= 0.3 is 0 Å². The average Bonchev–Trinajstić information content (AvgIpc) is 3.03. The molecule has 0 saturated heterocycles.